The lowest BCUT2D eigenvalue weighted by molar-refractivity contribution is 0.0711. The van der Waals surface area contributed by atoms with E-state index >= 15 is 0 Å². The van der Waals surface area contributed by atoms with Crippen LogP contribution in [0.3, 0.4) is 0 Å². The highest BCUT2D eigenvalue weighted by Gasteiger charge is 2.26. The Morgan fingerprint density at radius 2 is 2.21 bits per heavy atom. The molecule has 2 rings (SSSR count). The van der Waals surface area contributed by atoms with Crippen LogP contribution in [0.4, 0.5) is 9.18 Å². The van der Waals surface area contributed by atoms with Crippen LogP contribution in [0, 0.1) is 5.82 Å². The fraction of sp³-hybridized carbons (Fsp3) is 0.462. The van der Waals surface area contributed by atoms with Crippen LogP contribution in [-0.2, 0) is 6.54 Å². The van der Waals surface area contributed by atoms with E-state index in [1.807, 2.05) is 6.92 Å². The maximum atomic E-state index is 13.2. The molecule has 1 unspecified atom stereocenters. The molecule has 0 bridgehead atoms. The first-order chi connectivity index (χ1) is 8.95. The number of hydrogen-bond acceptors (Lipinski definition) is 2. The summed E-state index contributed by atoms with van der Waals surface area (Å²) in [5, 5.41) is 9.38. The van der Waals surface area contributed by atoms with Crippen molar-refractivity contribution >= 4 is 17.7 Å². The van der Waals surface area contributed by atoms with Gasteiger partial charge in [0, 0.05) is 37.2 Å². The number of piperazine rings is 1. The minimum Gasteiger partial charge on any atom is -0.465 e. The average molecular weight is 287 g/mol. The van der Waals surface area contributed by atoms with Crippen LogP contribution in [0.25, 0.3) is 0 Å². The van der Waals surface area contributed by atoms with Gasteiger partial charge in [-0.3, -0.25) is 4.90 Å². The van der Waals surface area contributed by atoms with Gasteiger partial charge in [-0.05, 0) is 30.7 Å². The van der Waals surface area contributed by atoms with Gasteiger partial charge in [-0.25, -0.2) is 9.18 Å². The molecule has 1 heterocycles. The van der Waals surface area contributed by atoms with Crippen LogP contribution >= 0.6 is 11.6 Å². The summed E-state index contributed by atoms with van der Waals surface area (Å²) >= 11 is 5.82. The van der Waals surface area contributed by atoms with E-state index in [4.69, 9.17) is 16.7 Å². The predicted molar refractivity (Wildman–Crippen MR) is 70.9 cm³/mol. The monoisotopic (exact) mass is 286 g/mol. The molecule has 0 radical (unpaired) electrons. The molecule has 0 spiro atoms. The maximum Gasteiger partial charge on any atom is 0.407 e. The number of carbonyl (C=O) groups is 1. The van der Waals surface area contributed by atoms with Crippen molar-refractivity contribution in [1.29, 1.82) is 0 Å². The van der Waals surface area contributed by atoms with E-state index in [2.05, 4.69) is 4.90 Å². The topological polar surface area (TPSA) is 43.8 Å². The first-order valence-electron chi connectivity index (χ1n) is 6.12. The molecule has 1 atom stereocenters. The van der Waals surface area contributed by atoms with Crippen LogP contribution in [0.2, 0.25) is 5.02 Å². The Kier molecular flexibility index (Phi) is 4.27. The molecule has 1 aliphatic rings. The number of halogens is 2. The van der Waals surface area contributed by atoms with Crippen molar-refractivity contribution in [2.24, 2.45) is 0 Å². The zero-order chi connectivity index (χ0) is 14.0. The summed E-state index contributed by atoms with van der Waals surface area (Å²) in [6.07, 6.45) is -0.888. The SMILES string of the molecule is CC1CN(Cc2cc(F)cc(Cl)c2)CCN1C(=O)O. The van der Waals surface area contributed by atoms with Crippen molar-refractivity contribution in [3.63, 3.8) is 0 Å². The van der Waals surface area contributed by atoms with Gasteiger partial charge in [0.15, 0.2) is 0 Å². The average Bonchev–Trinajstić information content (AvgIpc) is 2.26. The Morgan fingerprint density at radius 3 is 2.79 bits per heavy atom. The van der Waals surface area contributed by atoms with Crippen LogP contribution in [0.1, 0.15) is 12.5 Å². The Balaban J connectivity index is 1.99. The third-order valence-corrected chi connectivity index (χ3v) is 3.50. The van der Waals surface area contributed by atoms with Crippen molar-refractivity contribution in [3.05, 3.63) is 34.6 Å². The smallest absolute Gasteiger partial charge is 0.407 e. The quantitative estimate of drug-likeness (QED) is 0.909. The molecule has 1 aromatic carbocycles. The number of benzene rings is 1. The van der Waals surface area contributed by atoms with Crippen molar-refractivity contribution in [2.75, 3.05) is 19.6 Å². The third kappa shape index (κ3) is 3.58. The van der Waals surface area contributed by atoms with E-state index in [0.29, 0.717) is 31.2 Å². The van der Waals surface area contributed by atoms with Crippen molar-refractivity contribution in [1.82, 2.24) is 9.80 Å². The standard InChI is InChI=1S/C13H16ClFN2O2/c1-9-7-16(2-3-17(9)13(18)19)8-10-4-11(14)6-12(15)5-10/h4-6,9H,2-3,7-8H2,1H3,(H,18,19). The highest BCUT2D eigenvalue weighted by Crippen LogP contribution is 2.18. The molecule has 1 amide bonds. The van der Waals surface area contributed by atoms with Crippen molar-refractivity contribution in [2.45, 2.75) is 19.5 Å². The van der Waals surface area contributed by atoms with E-state index in [1.165, 1.54) is 17.0 Å². The highest BCUT2D eigenvalue weighted by atomic mass is 35.5. The maximum absolute atomic E-state index is 13.2. The van der Waals surface area contributed by atoms with Gasteiger partial charge in [-0.15, -0.1) is 0 Å². The Bertz CT molecular complexity index is 463. The van der Waals surface area contributed by atoms with Crippen LogP contribution in [-0.4, -0.2) is 46.7 Å². The van der Waals surface area contributed by atoms with E-state index < -0.39 is 6.09 Å². The van der Waals surface area contributed by atoms with Crippen LogP contribution in [0.15, 0.2) is 18.2 Å². The zero-order valence-corrected chi connectivity index (χ0v) is 11.4. The lowest BCUT2D eigenvalue weighted by Crippen LogP contribution is -2.53. The Hall–Kier alpha value is -1.33. The van der Waals surface area contributed by atoms with Gasteiger partial charge in [0.25, 0.3) is 0 Å². The molecular weight excluding hydrogens is 271 g/mol. The van der Waals surface area contributed by atoms with Crippen LogP contribution < -0.4 is 0 Å². The molecule has 1 N–H and O–H groups in total. The minimum absolute atomic E-state index is 0.0599. The van der Waals surface area contributed by atoms with Gasteiger partial charge in [0.1, 0.15) is 5.82 Å². The van der Waals surface area contributed by atoms with Gasteiger partial charge in [0.2, 0.25) is 0 Å². The number of nitrogens with zero attached hydrogens (tertiary/aromatic N) is 2. The Labute approximate surface area is 116 Å². The summed E-state index contributed by atoms with van der Waals surface area (Å²) < 4.78 is 13.2. The second-order valence-electron chi connectivity index (χ2n) is 4.84. The van der Waals surface area contributed by atoms with Crippen molar-refractivity contribution < 1.29 is 14.3 Å². The van der Waals surface area contributed by atoms with Gasteiger partial charge < -0.3 is 10.0 Å². The molecule has 0 saturated carbocycles. The zero-order valence-electron chi connectivity index (χ0n) is 10.6. The molecular formula is C13H16ClFN2O2. The fourth-order valence-corrected chi connectivity index (χ4v) is 2.67. The molecule has 19 heavy (non-hydrogen) atoms. The van der Waals surface area contributed by atoms with E-state index in [1.54, 1.807) is 6.07 Å². The molecule has 4 nitrogen and oxygen atoms in total. The molecule has 0 aromatic heterocycles. The largest absolute Gasteiger partial charge is 0.465 e. The first kappa shape index (κ1) is 14.1. The number of rotatable bonds is 2. The first-order valence-corrected chi connectivity index (χ1v) is 6.50. The molecule has 104 valence electrons. The molecule has 6 heteroatoms. The highest BCUT2D eigenvalue weighted by molar-refractivity contribution is 6.30. The lowest BCUT2D eigenvalue weighted by Gasteiger charge is -2.38. The summed E-state index contributed by atoms with van der Waals surface area (Å²) in [5.41, 5.74) is 0.806. The summed E-state index contributed by atoms with van der Waals surface area (Å²) in [6, 6.07) is 4.41. The summed E-state index contributed by atoms with van der Waals surface area (Å²) in [5.74, 6) is -0.347. The molecule has 1 fully saturated rings. The van der Waals surface area contributed by atoms with Gasteiger partial charge >= 0.3 is 6.09 Å². The minimum atomic E-state index is -0.888. The summed E-state index contributed by atoms with van der Waals surface area (Å²) in [4.78, 5) is 14.5. The molecule has 1 saturated heterocycles. The molecule has 1 aromatic rings. The van der Waals surface area contributed by atoms with Gasteiger partial charge in [0.05, 0.1) is 0 Å². The van der Waals surface area contributed by atoms with Gasteiger partial charge in [-0.2, -0.15) is 0 Å². The van der Waals surface area contributed by atoms with E-state index in [-0.39, 0.29) is 11.9 Å². The van der Waals surface area contributed by atoms with Gasteiger partial charge in [-0.1, -0.05) is 11.6 Å². The number of hydrogen-bond donors (Lipinski definition) is 1. The fourth-order valence-electron chi connectivity index (χ4n) is 2.42. The second-order valence-corrected chi connectivity index (χ2v) is 5.27. The molecule has 0 aliphatic carbocycles. The Morgan fingerprint density at radius 1 is 1.47 bits per heavy atom. The van der Waals surface area contributed by atoms with E-state index in [0.717, 1.165) is 5.56 Å². The van der Waals surface area contributed by atoms with E-state index in [9.17, 15) is 9.18 Å². The second kappa shape index (κ2) is 5.75. The summed E-state index contributed by atoms with van der Waals surface area (Å²) in [6.45, 7) is 4.21. The lowest BCUT2D eigenvalue weighted by atomic mass is 10.1. The number of amides is 1. The third-order valence-electron chi connectivity index (χ3n) is 3.29. The van der Waals surface area contributed by atoms with Crippen molar-refractivity contribution in [3.8, 4) is 0 Å². The van der Waals surface area contributed by atoms with Crippen LogP contribution in [0.5, 0.6) is 0 Å². The summed E-state index contributed by atoms with van der Waals surface area (Å²) in [7, 11) is 0. The number of carboxylic acid groups (broad SMARTS) is 1. The normalized spacial score (nSPS) is 20.6. The molecule has 1 aliphatic heterocycles. The predicted octanol–water partition coefficient (Wildman–Crippen LogP) is 2.66.